The van der Waals surface area contributed by atoms with Gasteiger partial charge in [-0.25, -0.2) is 0 Å². The van der Waals surface area contributed by atoms with Gasteiger partial charge < -0.3 is 19.8 Å². The number of carboxylic acids is 2. The summed E-state index contributed by atoms with van der Waals surface area (Å²) in [5.74, 6) is 0.0239. The summed E-state index contributed by atoms with van der Waals surface area (Å²) >= 11 is 0. The molecule has 0 spiro atoms. The average Bonchev–Trinajstić information content (AvgIpc) is 2.91. The molecular formula is C32H54CoO4. The van der Waals surface area contributed by atoms with E-state index in [2.05, 4.69) is 0 Å². The standard InChI is InChI=1S/2C16H28O2.Co/c2*17-15(18)10-7-13-16(11-5-2-6-12-16)14-8-3-1-4-9-14;/h2*14H,1-13H2,(H,17,18);/q;;+2/p-2. The van der Waals surface area contributed by atoms with Gasteiger partial charge in [0.05, 0.1) is 0 Å². The summed E-state index contributed by atoms with van der Waals surface area (Å²) in [7, 11) is 0. The van der Waals surface area contributed by atoms with E-state index in [-0.39, 0.29) is 29.6 Å². The van der Waals surface area contributed by atoms with E-state index in [1.807, 2.05) is 0 Å². The van der Waals surface area contributed by atoms with Crippen molar-refractivity contribution in [1.82, 2.24) is 0 Å². The molecule has 0 aromatic heterocycles. The van der Waals surface area contributed by atoms with Crippen LogP contribution >= 0.6 is 0 Å². The third-order valence-electron chi connectivity index (χ3n) is 10.8. The van der Waals surface area contributed by atoms with Gasteiger partial charge in [-0.05, 0) is 113 Å². The van der Waals surface area contributed by atoms with Gasteiger partial charge >= 0.3 is 16.8 Å². The van der Waals surface area contributed by atoms with E-state index in [0.29, 0.717) is 10.8 Å². The van der Waals surface area contributed by atoms with Gasteiger partial charge in [-0.3, -0.25) is 0 Å². The van der Waals surface area contributed by atoms with E-state index in [1.54, 1.807) is 0 Å². The van der Waals surface area contributed by atoms with Crippen LogP contribution in [0.4, 0.5) is 0 Å². The second kappa shape index (κ2) is 17.2. The molecule has 0 bridgehead atoms. The smallest absolute Gasteiger partial charge is 0.550 e. The predicted molar refractivity (Wildman–Crippen MR) is 142 cm³/mol. The summed E-state index contributed by atoms with van der Waals surface area (Å²) in [4.78, 5) is 21.2. The molecule has 0 atom stereocenters. The van der Waals surface area contributed by atoms with Crippen LogP contribution in [0.25, 0.3) is 0 Å². The first-order valence-corrected chi connectivity index (χ1v) is 15.9. The molecule has 0 heterocycles. The summed E-state index contributed by atoms with van der Waals surface area (Å²) in [5, 5.41) is 21.2. The first kappa shape index (κ1) is 32.7. The maximum atomic E-state index is 10.6. The van der Waals surface area contributed by atoms with Crippen molar-refractivity contribution < 1.29 is 36.6 Å². The monoisotopic (exact) mass is 561 g/mol. The minimum Gasteiger partial charge on any atom is -0.550 e. The number of carbonyl (C=O) groups excluding carboxylic acids is 2. The summed E-state index contributed by atoms with van der Waals surface area (Å²) in [6, 6.07) is 0. The van der Waals surface area contributed by atoms with Gasteiger partial charge in [0.15, 0.2) is 0 Å². The van der Waals surface area contributed by atoms with E-state index in [4.69, 9.17) is 0 Å². The minimum absolute atomic E-state index is 0. The Morgan fingerprint density at radius 3 is 1.11 bits per heavy atom. The molecule has 4 nitrogen and oxygen atoms in total. The molecule has 4 rings (SSSR count). The number of carboxylic acid groups (broad SMARTS) is 2. The molecule has 0 saturated heterocycles. The zero-order valence-corrected chi connectivity index (χ0v) is 24.5. The molecule has 1 radical (unpaired) electrons. The van der Waals surface area contributed by atoms with Gasteiger partial charge in [-0.1, -0.05) is 77.0 Å². The van der Waals surface area contributed by atoms with E-state index in [0.717, 1.165) is 37.5 Å². The zero-order valence-electron chi connectivity index (χ0n) is 23.5. The average molecular weight is 562 g/mol. The van der Waals surface area contributed by atoms with Crippen LogP contribution in [-0.4, -0.2) is 11.9 Å². The van der Waals surface area contributed by atoms with Crippen molar-refractivity contribution in [2.75, 3.05) is 0 Å². The van der Waals surface area contributed by atoms with Crippen LogP contribution in [0.3, 0.4) is 0 Å². The maximum absolute atomic E-state index is 10.6. The number of hydrogen-bond acceptors (Lipinski definition) is 4. The van der Waals surface area contributed by atoms with E-state index >= 15 is 0 Å². The quantitative estimate of drug-likeness (QED) is 0.291. The molecule has 0 aliphatic heterocycles. The third kappa shape index (κ3) is 10.5. The van der Waals surface area contributed by atoms with Crippen molar-refractivity contribution in [1.29, 1.82) is 0 Å². The van der Waals surface area contributed by atoms with Crippen molar-refractivity contribution in [3.63, 3.8) is 0 Å². The first-order chi connectivity index (χ1) is 17.5. The van der Waals surface area contributed by atoms with Gasteiger partial charge in [-0.15, -0.1) is 0 Å². The molecule has 37 heavy (non-hydrogen) atoms. The Morgan fingerprint density at radius 1 is 0.514 bits per heavy atom. The SMILES string of the molecule is O=C([O-])CCCC1(C2CCCCC2)CCCCC1.O=C([O-])CCCC1(C2CCCCC2)CCCCC1.[Co+2]. The largest absolute Gasteiger partial charge is 2.00 e. The second-order valence-corrected chi connectivity index (χ2v) is 13.0. The Balaban J connectivity index is 0.000000253. The molecule has 5 heteroatoms. The van der Waals surface area contributed by atoms with Gasteiger partial charge in [0.1, 0.15) is 0 Å². The van der Waals surface area contributed by atoms with Crippen LogP contribution in [0.1, 0.15) is 167 Å². The molecule has 0 amide bonds. The Bertz CT molecular complexity index is 583. The molecule has 0 N–H and O–H groups in total. The zero-order chi connectivity index (χ0) is 25.7. The van der Waals surface area contributed by atoms with Crippen molar-refractivity contribution in [3.8, 4) is 0 Å². The molecule has 4 aliphatic carbocycles. The summed E-state index contributed by atoms with van der Waals surface area (Å²) < 4.78 is 0. The summed E-state index contributed by atoms with van der Waals surface area (Å²) in [6.45, 7) is 0. The summed E-state index contributed by atoms with van der Waals surface area (Å²) in [6.07, 6.45) is 32.0. The number of aliphatic carboxylic acids is 2. The van der Waals surface area contributed by atoms with Gasteiger partial charge in [0.2, 0.25) is 0 Å². The predicted octanol–water partition coefficient (Wildman–Crippen LogP) is 6.87. The van der Waals surface area contributed by atoms with Gasteiger partial charge in [-0.2, -0.15) is 0 Å². The van der Waals surface area contributed by atoms with Crippen LogP contribution in [0.2, 0.25) is 0 Å². The third-order valence-corrected chi connectivity index (χ3v) is 10.8. The minimum atomic E-state index is -0.871. The fourth-order valence-electron chi connectivity index (χ4n) is 8.84. The molecule has 4 aliphatic rings. The normalized spacial score (nSPS) is 24.2. The van der Waals surface area contributed by atoms with Gasteiger partial charge in [0, 0.05) is 11.9 Å². The van der Waals surface area contributed by atoms with E-state index in [9.17, 15) is 19.8 Å². The Kier molecular flexibility index (Phi) is 15.2. The van der Waals surface area contributed by atoms with Crippen LogP contribution in [0.5, 0.6) is 0 Å². The maximum Gasteiger partial charge on any atom is 2.00 e. The van der Waals surface area contributed by atoms with Crippen LogP contribution in [-0.2, 0) is 26.4 Å². The van der Waals surface area contributed by atoms with Crippen LogP contribution in [0.15, 0.2) is 0 Å². The first-order valence-electron chi connectivity index (χ1n) is 15.9. The van der Waals surface area contributed by atoms with E-state index in [1.165, 1.54) is 128 Å². The molecular weight excluding hydrogens is 507 g/mol. The fraction of sp³-hybridized carbons (Fsp3) is 0.938. The topological polar surface area (TPSA) is 80.3 Å². The molecule has 0 aromatic carbocycles. The molecule has 0 aromatic rings. The van der Waals surface area contributed by atoms with Crippen molar-refractivity contribution in [3.05, 3.63) is 0 Å². The van der Waals surface area contributed by atoms with Gasteiger partial charge in [0.25, 0.3) is 0 Å². The van der Waals surface area contributed by atoms with Crippen molar-refractivity contribution >= 4 is 11.9 Å². The molecule has 215 valence electrons. The summed E-state index contributed by atoms with van der Waals surface area (Å²) in [5.41, 5.74) is 0.988. The van der Waals surface area contributed by atoms with E-state index < -0.39 is 11.9 Å². The number of rotatable bonds is 10. The molecule has 0 unspecified atom stereocenters. The number of carbonyl (C=O) groups is 2. The second-order valence-electron chi connectivity index (χ2n) is 13.0. The van der Waals surface area contributed by atoms with Crippen molar-refractivity contribution in [2.45, 2.75) is 167 Å². The molecule has 4 fully saturated rings. The Morgan fingerprint density at radius 2 is 0.811 bits per heavy atom. The fourth-order valence-corrected chi connectivity index (χ4v) is 8.84. The Hall–Kier alpha value is -0.554. The van der Waals surface area contributed by atoms with Crippen molar-refractivity contribution in [2.24, 2.45) is 22.7 Å². The molecule has 4 saturated carbocycles. The van der Waals surface area contributed by atoms with Crippen LogP contribution < -0.4 is 10.2 Å². The van der Waals surface area contributed by atoms with Crippen LogP contribution in [0, 0.1) is 22.7 Å². The number of hydrogen-bond donors (Lipinski definition) is 0. The Labute approximate surface area is 237 Å².